The van der Waals surface area contributed by atoms with E-state index in [1.54, 1.807) is 54.6 Å². The lowest BCUT2D eigenvalue weighted by Gasteiger charge is -2.43. The lowest BCUT2D eigenvalue weighted by Crippen LogP contribution is -2.55. The number of nitrogen functional groups attached to an aromatic ring is 1. The van der Waals surface area contributed by atoms with E-state index in [1.165, 1.54) is 6.07 Å². The van der Waals surface area contributed by atoms with E-state index >= 15 is 4.39 Å². The van der Waals surface area contributed by atoms with Crippen molar-refractivity contribution in [2.45, 2.75) is 45.1 Å². The first-order chi connectivity index (χ1) is 23.1. The Morgan fingerprint density at radius 1 is 1.06 bits per heavy atom. The molecule has 2 aromatic carbocycles. The summed E-state index contributed by atoms with van der Waals surface area (Å²) >= 11 is 0. The Kier molecular flexibility index (Phi) is 9.15. The molecule has 48 heavy (non-hydrogen) atoms. The average Bonchev–Trinajstić information content (AvgIpc) is 3.48. The predicted molar refractivity (Wildman–Crippen MR) is 180 cm³/mol. The summed E-state index contributed by atoms with van der Waals surface area (Å²) in [7, 11) is 0. The van der Waals surface area contributed by atoms with Gasteiger partial charge >= 0.3 is 0 Å². The highest BCUT2D eigenvalue weighted by molar-refractivity contribution is 5.95. The highest BCUT2D eigenvalue weighted by Gasteiger charge is 2.34. The summed E-state index contributed by atoms with van der Waals surface area (Å²) in [6.07, 6.45) is 6.54. The minimum Gasteiger partial charge on any atom is -0.457 e. The van der Waals surface area contributed by atoms with E-state index in [4.69, 9.17) is 22.0 Å². The van der Waals surface area contributed by atoms with Gasteiger partial charge in [0.05, 0.1) is 6.57 Å². The zero-order valence-electron chi connectivity index (χ0n) is 27.4. The third-order valence-corrected chi connectivity index (χ3v) is 9.23. The number of hydrogen-bond acceptors (Lipinski definition) is 7. The Bertz CT molecular complexity index is 1910. The van der Waals surface area contributed by atoms with Crippen LogP contribution in [-0.4, -0.2) is 85.7 Å². The third kappa shape index (κ3) is 6.59. The van der Waals surface area contributed by atoms with Gasteiger partial charge in [-0.2, -0.15) is 0 Å². The van der Waals surface area contributed by atoms with Crippen LogP contribution < -0.4 is 10.5 Å². The summed E-state index contributed by atoms with van der Waals surface area (Å²) in [5, 5.41) is 0. The van der Waals surface area contributed by atoms with Gasteiger partial charge in [0.1, 0.15) is 40.2 Å². The highest BCUT2D eigenvalue weighted by atomic mass is 19.1. The number of piperazine rings is 1. The normalized spacial score (nSPS) is 17.7. The Hall–Kier alpha value is -5.28. The molecule has 0 radical (unpaired) electrons. The van der Waals surface area contributed by atoms with E-state index in [0.29, 0.717) is 74.2 Å². The molecule has 2 fully saturated rings. The number of para-hydroxylation sites is 1. The van der Waals surface area contributed by atoms with E-state index in [0.717, 1.165) is 6.42 Å². The van der Waals surface area contributed by atoms with Crippen molar-refractivity contribution in [3.05, 3.63) is 95.8 Å². The van der Waals surface area contributed by atoms with Crippen LogP contribution in [-0.2, 0) is 9.59 Å². The topological polar surface area (TPSA) is 114 Å². The van der Waals surface area contributed by atoms with E-state index in [2.05, 4.69) is 14.7 Å². The van der Waals surface area contributed by atoms with E-state index in [1.807, 2.05) is 41.3 Å². The zero-order chi connectivity index (χ0) is 34.0. The smallest absolute Gasteiger partial charge is 0.252 e. The Balaban J connectivity index is 1.25. The molecule has 11 nitrogen and oxygen atoms in total. The minimum atomic E-state index is -0.557. The van der Waals surface area contributed by atoms with Crippen LogP contribution in [0.4, 0.5) is 10.2 Å². The first kappa shape index (κ1) is 32.7. The molecule has 2 N–H and O–H groups in total. The van der Waals surface area contributed by atoms with Crippen LogP contribution in [0.2, 0.25) is 0 Å². The van der Waals surface area contributed by atoms with Crippen LogP contribution in [0.15, 0.2) is 72.7 Å². The second-order valence-electron chi connectivity index (χ2n) is 12.8. The van der Waals surface area contributed by atoms with Crippen LogP contribution in [0, 0.1) is 12.4 Å². The van der Waals surface area contributed by atoms with Crippen molar-refractivity contribution < 1.29 is 18.7 Å². The zero-order valence-corrected chi connectivity index (χ0v) is 27.4. The lowest BCUT2D eigenvalue weighted by molar-refractivity contribution is -0.131. The quantitative estimate of drug-likeness (QED) is 0.212. The molecule has 0 spiro atoms. The Morgan fingerprint density at radius 3 is 2.50 bits per heavy atom. The van der Waals surface area contributed by atoms with Crippen molar-refractivity contribution in [1.29, 1.82) is 0 Å². The molecule has 2 aliphatic rings. The van der Waals surface area contributed by atoms with E-state index < -0.39 is 11.4 Å². The maximum Gasteiger partial charge on any atom is 0.252 e. The van der Waals surface area contributed by atoms with Gasteiger partial charge in [0.25, 0.3) is 5.91 Å². The molecule has 4 aromatic rings. The standard InChI is InChI=1S/C36H39FN8O3/c1-24(46)42-17-19-44(20-18-42)36(2,3)22-30(39-4)35(47)43-15-8-9-25(23-43)34-41-31(32-33(38)40-14-16-45(32)34)28-13-12-27(21-29(28)37)48-26-10-6-5-7-11-26/h5-7,10-14,16,21-22,25H,8-9,15,17-20,23H2,1-3H3,(H2,38,40)/t25-/m1/s1. The summed E-state index contributed by atoms with van der Waals surface area (Å²) in [4.78, 5) is 44.2. The Morgan fingerprint density at radius 2 is 1.81 bits per heavy atom. The van der Waals surface area contributed by atoms with Gasteiger partial charge in [-0.3, -0.25) is 18.9 Å². The number of nitrogens with zero attached hydrogens (tertiary/aromatic N) is 7. The van der Waals surface area contributed by atoms with Crippen LogP contribution in [0.1, 0.15) is 45.4 Å². The number of carbonyl (C=O) groups is 2. The van der Waals surface area contributed by atoms with Gasteiger partial charge < -0.3 is 20.3 Å². The molecule has 4 heterocycles. The molecule has 2 amide bonds. The number of anilines is 1. The number of aromatic nitrogens is 3. The maximum atomic E-state index is 15.7. The molecular weight excluding hydrogens is 611 g/mol. The van der Waals surface area contributed by atoms with Crippen molar-refractivity contribution in [3.8, 4) is 22.8 Å². The largest absolute Gasteiger partial charge is 0.457 e. The first-order valence-electron chi connectivity index (χ1n) is 16.1. The molecule has 0 unspecified atom stereocenters. The van der Waals surface area contributed by atoms with Crippen molar-refractivity contribution in [1.82, 2.24) is 29.1 Å². The van der Waals surface area contributed by atoms with Crippen molar-refractivity contribution in [3.63, 3.8) is 0 Å². The summed E-state index contributed by atoms with van der Waals surface area (Å²) in [5.41, 5.74) is 6.96. The Labute approximate surface area is 279 Å². The fourth-order valence-corrected chi connectivity index (χ4v) is 6.64. The maximum absolute atomic E-state index is 15.7. The number of benzene rings is 2. The summed E-state index contributed by atoms with van der Waals surface area (Å²) in [6.45, 7) is 16.8. The van der Waals surface area contributed by atoms with Crippen molar-refractivity contribution in [2.24, 2.45) is 0 Å². The number of nitrogens with two attached hydrogens (primary N) is 1. The predicted octanol–water partition coefficient (Wildman–Crippen LogP) is 5.36. The molecule has 248 valence electrons. The number of amides is 2. The van der Waals surface area contributed by atoms with Gasteiger partial charge in [0.2, 0.25) is 11.6 Å². The molecule has 0 saturated carbocycles. The van der Waals surface area contributed by atoms with Gasteiger partial charge in [-0.05, 0) is 51.0 Å². The van der Waals surface area contributed by atoms with E-state index in [9.17, 15) is 9.59 Å². The number of fused-ring (bicyclic) bond motifs is 1. The average molecular weight is 651 g/mol. The van der Waals surface area contributed by atoms with E-state index in [-0.39, 0.29) is 34.8 Å². The molecule has 0 aliphatic carbocycles. The van der Waals surface area contributed by atoms with Gasteiger partial charge in [-0.1, -0.05) is 24.3 Å². The second kappa shape index (κ2) is 13.4. The highest BCUT2D eigenvalue weighted by Crippen LogP contribution is 2.36. The van der Waals surface area contributed by atoms with Crippen molar-refractivity contribution in [2.75, 3.05) is 45.0 Å². The summed E-state index contributed by atoms with van der Waals surface area (Å²) in [6, 6.07) is 13.8. The number of halogens is 1. The fourth-order valence-electron chi connectivity index (χ4n) is 6.64. The number of carbonyl (C=O) groups excluding carboxylic acids is 2. The molecule has 1 atom stereocenters. The number of hydrogen-bond donors (Lipinski definition) is 1. The summed E-state index contributed by atoms with van der Waals surface area (Å²) < 4.78 is 23.3. The molecule has 0 bridgehead atoms. The second-order valence-corrected chi connectivity index (χ2v) is 12.8. The molecule has 6 rings (SSSR count). The molecule has 2 aromatic heterocycles. The molecule has 2 saturated heterocycles. The van der Waals surface area contributed by atoms with Crippen LogP contribution >= 0.6 is 0 Å². The van der Waals surface area contributed by atoms with Crippen LogP contribution in [0.25, 0.3) is 21.6 Å². The van der Waals surface area contributed by atoms with Gasteiger partial charge in [-0.25, -0.2) is 19.2 Å². The number of imidazole rings is 1. The third-order valence-electron chi connectivity index (χ3n) is 9.23. The minimum absolute atomic E-state index is 0.0486. The van der Waals surface area contributed by atoms with Gasteiger partial charge in [-0.15, -0.1) is 0 Å². The number of ether oxygens (including phenoxy) is 1. The van der Waals surface area contributed by atoms with Gasteiger partial charge in [0, 0.05) is 81.7 Å². The number of likely N-dealkylation sites (tertiary alicyclic amines) is 1. The molecular formula is C36H39FN8O3. The number of rotatable bonds is 7. The van der Waals surface area contributed by atoms with Crippen molar-refractivity contribution >= 4 is 23.1 Å². The first-order valence-corrected chi connectivity index (χ1v) is 16.1. The van der Waals surface area contributed by atoms with Crippen LogP contribution in [0.5, 0.6) is 11.5 Å². The monoisotopic (exact) mass is 650 g/mol. The fraction of sp³-hybridized carbons (Fsp3) is 0.361. The number of piperidine rings is 1. The SMILES string of the molecule is [C-]#[N+]C(=CC(C)(C)N1CCN(C(C)=O)CC1)C(=O)N1CCC[C@@H](c2nc(-c3ccc(Oc4ccccc4)cc3F)c3c(N)nccn23)C1. The molecule has 12 heteroatoms. The lowest BCUT2D eigenvalue weighted by atomic mass is 9.96. The van der Waals surface area contributed by atoms with Gasteiger partial charge in [0.15, 0.2) is 0 Å². The molecule has 2 aliphatic heterocycles. The van der Waals surface area contributed by atoms with Crippen LogP contribution in [0.3, 0.4) is 0 Å². The summed E-state index contributed by atoms with van der Waals surface area (Å²) in [5.74, 6) is 0.821.